The Balaban J connectivity index is 1.73. The molecule has 1 unspecified atom stereocenters. The minimum Gasteiger partial charge on any atom is -0.497 e. The Morgan fingerprint density at radius 3 is 2.83 bits per heavy atom. The molecule has 0 bridgehead atoms. The first kappa shape index (κ1) is 14.4. The second-order valence-electron chi connectivity index (χ2n) is 6.05. The number of ether oxygens (including phenoxy) is 3. The fourth-order valence-corrected chi connectivity index (χ4v) is 3.48. The SMILES string of the molecule is COc1ccc2c(c1)C(Nc1ccccc1)[C@H]1CCCO[C@H]1O2. The average Bonchev–Trinajstić information content (AvgIpc) is 2.62. The number of hydrogen-bond acceptors (Lipinski definition) is 4. The summed E-state index contributed by atoms with van der Waals surface area (Å²) < 4.78 is 17.4. The molecule has 2 aromatic rings. The minimum absolute atomic E-state index is 0.154. The van der Waals surface area contributed by atoms with Crippen LogP contribution in [0.4, 0.5) is 5.69 Å². The Hall–Kier alpha value is -2.20. The Morgan fingerprint density at radius 1 is 1.13 bits per heavy atom. The van der Waals surface area contributed by atoms with Gasteiger partial charge in [-0.3, -0.25) is 0 Å². The van der Waals surface area contributed by atoms with E-state index in [1.165, 1.54) is 0 Å². The Kier molecular flexibility index (Phi) is 3.83. The third kappa shape index (κ3) is 2.75. The molecule has 4 rings (SSSR count). The first-order valence-electron chi connectivity index (χ1n) is 8.13. The zero-order chi connectivity index (χ0) is 15.6. The van der Waals surface area contributed by atoms with Crippen molar-refractivity contribution in [3.63, 3.8) is 0 Å². The van der Waals surface area contributed by atoms with Crippen molar-refractivity contribution in [2.75, 3.05) is 19.0 Å². The molecule has 2 aliphatic rings. The van der Waals surface area contributed by atoms with Crippen LogP contribution in [0.2, 0.25) is 0 Å². The van der Waals surface area contributed by atoms with Gasteiger partial charge in [0.05, 0.1) is 19.8 Å². The number of methoxy groups -OCH3 is 1. The monoisotopic (exact) mass is 311 g/mol. The molecule has 2 aliphatic heterocycles. The fourth-order valence-electron chi connectivity index (χ4n) is 3.48. The number of anilines is 1. The van der Waals surface area contributed by atoms with E-state index in [9.17, 15) is 0 Å². The van der Waals surface area contributed by atoms with Crippen LogP contribution in [0.1, 0.15) is 24.4 Å². The van der Waals surface area contributed by atoms with Gasteiger partial charge < -0.3 is 19.5 Å². The van der Waals surface area contributed by atoms with Gasteiger partial charge in [0.15, 0.2) is 0 Å². The predicted molar refractivity (Wildman–Crippen MR) is 88.9 cm³/mol. The molecule has 1 N–H and O–H groups in total. The zero-order valence-corrected chi connectivity index (χ0v) is 13.2. The first-order valence-corrected chi connectivity index (χ1v) is 8.13. The maximum absolute atomic E-state index is 6.09. The summed E-state index contributed by atoms with van der Waals surface area (Å²) in [6.07, 6.45) is 1.98. The molecule has 23 heavy (non-hydrogen) atoms. The second-order valence-corrected chi connectivity index (χ2v) is 6.05. The molecule has 0 aliphatic carbocycles. The van der Waals surface area contributed by atoms with Crippen molar-refractivity contribution in [3.05, 3.63) is 54.1 Å². The van der Waals surface area contributed by atoms with E-state index < -0.39 is 0 Å². The fraction of sp³-hybridized carbons (Fsp3) is 0.368. The van der Waals surface area contributed by atoms with Crippen molar-refractivity contribution < 1.29 is 14.2 Å². The lowest BCUT2D eigenvalue weighted by atomic mass is 9.84. The van der Waals surface area contributed by atoms with Crippen molar-refractivity contribution in [1.82, 2.24) is 0 Å². The summed E-state index contributed by atoms with van der Waals surface area (Å²) in [6, 6.07) is 16.4. The van der Waals surface area contributed by atoms with Gasteiger partial charge in [-0.15, -0.1) is 0 Å². The third-order valence-electron chi connectivity index (χ3n) is 4.63. The highest BCUT2D eigenvalue weighted by Crippen LogP contribution is 2.45. The molecule has 4 nitrogen and oxygen atoms in total. The van der Waals surface area contributed by atoms with E-state index in [2.05, 4.69) is 23.5 Å². The van der Waals surface area contributed by atoms with Gasteiger partial charge in [0.2, 0.25) is 6.29 Å². The van der Waals surface area contributed by atoms with Gasteiger partial charge >= 0.3 is 0 Å². The topological polar surface area (TPSA) is 39.7 Å². The minimum atomic E-state index is -0.175. The van der Waals surface area contributed by atoms with E-state index in [-0.39, 0.29) is 12.3 Å². The molecule has 2 heterocycles. The summed E-state index contributed by atoms with van der Waals surface area (Å²) in [5.41, 5.74) is 2.25. The van der Waals surface area contributed by atoms with Gasteiger partial charge in [-0.05, 0) is 43.2 Å². The number of nitrogens with one attached hydrogen (secondary N) is 1. The van der Waals surface area contributed by atoms with E-state index in [0.29, 0.717) is 5.92 Å². The van der Waals surface area contributed by atoms with Gasteiger partial charge in [-0.2, -0.15) is 0 Å². The molecule has 3 atom stereocenters. The van der Waals surface area contributed by atoms with Crippen molar-refractivity contribution >= 4 is 5.69 Å². The molecular weight excluding hydrogens is 290 g/mol. The molecule has 4 heteroatoms. The molecule has 0 radical (unpaired) electrons. The zero-order valence-electron chi connectivity index (χ0n) is 13.2. The van der Waals surface area contributed by atoms with Crippen LogP contribution in [0.25, 0.3) is 0 Å². The van der Waals surface area contributed by atoms with Crippen LogP contribution in [0, 0.1) is 5.92 Å². The summed E-state index contributed by atoms with van der Waals surface area (Å²) in [5.74, 6) is 2.02. The lowest BCUT2D eigenvalue weighted by molar-refractivity contribution is -0.154. The van der Waals surface area contributed by atoms with Gasteiger partial charge in [-0.1, -0.05) is 18.2 Å². The number of para-hydroxylation sites is 1. The number of benzene rings is 2. The van der Waals surface area contributed by atoms with Gasteiger partial charge in [0.25, 0.3) is 0 Å². The third-order valence-corrected chi connectivity index (χ3v) is 4.63. The van der Waals surface area contributed by atoms with Crippen LogP contribution in [0.3, 0.4) is 0 Å². The van der Waals surface area contributed by atoms with E-state index >= 15 is 0 Å². The normalized spacial score (nSPS) is 25.7. The Labute approximate surface area is 136 Å². The van der Waals surface area contributed by atoms with E-state index in [1.807, 2.05) is 30.3 Å². The van der Waals surface area contributed by atoms with Crippen molar-refractivity contribution in [1.29, 1.82) is 0 Å². The largest absolute Gasteiger partial charge is 0.497 e. The highest BCUT2D eigenvalue weighted by molar-refractivity contribution is 5.51. The molecule has 1 saturated heterocycles. The lowest BCUT2D eigenvalue weighted by Crippen LogP contribution is -2.43. The van der Waals surface area contributed by atoms with E-state index in [1.54, 1.807) is 7.11 Å². The van der Waals surface area contributed by atoms with E-state index in [0.717, 1.165) is 42.2 Å². The van der Waals surface area contributed by atoms with Crippen molar-refractivity contribution in [3.8, 4) is 11.5 Å². The Morgan fingerprint density at radius 2 is 2.00 bits per heavy atom. The first-order chi connectivity index (χ1) is 11.3. The number of hydrogen-bond donors (Lipinski definition) is 1. The molecule has 0 amide bonds. The number of rotatable bonds is 3. The van der Waals surface area contributed by atoms with E-state index in [4.69, 9.17) is 14.2 Å². The van der Waals surface area contributed by atoms with Gasteiger partial charge in [-0.25, -0.2) is 0 Å². The van der Waals surface area contributed by atoms with Crippen molar-refractivity contribution in [2.45, 2.75) is 25.2 Å². The van der Waals surface area contributed by atoms with Crippen LogP contribution in [-0.4, -0.2) is 20.0 Å². The summed E-state index contributed by atoms with van der Waals surface area (Å²) in [5, 5.41) is 3.67. The average molecular weight is 311 g/mol. The standard InChI is InChI=1S/C19H21NO3/c1-21-14-9-10-17-16(12-14)18(20-13-6-3-2-4-7-13)15-8-5-11-22-19(15)23-17/h2-4,6-7,9-10,12,15,18-20H,5,8,11H2,1H3/t15-,18?,19+/m1/s1. The summed E-state index contributed by atoms with van der Waals surface area (Å²) >= 11 is 0. The summed E-state index contributed by atoms with van der Waals surface area (Å²) in [6.45, 7) is 0.769. The Bertz CT molecular complexity index is 674. The molecule has 0 spiro atoms. The molecule has 0 saturated carbocycles. The van der Waals surface area contributed by atoms with Crippen LogP contribution in [0.15, 0.2) is 48.5 Å². The number of fused-ring (bicyclic) bond motifs is 2. The van der Waals surface area contributed by atoms with Crippen LogP contribution in [0.5, 0.6) is 11.5 Å². The molecule has 2 aromatic carbocycles. The molecule has 0 aromatic heterocycles. The van der Waals surface area contributed by atoms with Crippen molar-refractivity contribution in [2.24, 2.45) is 5.92 Å². The quantitative estimate of drug-likeness (QED) is 0.930. The lowest BCUT2D eigenvalue weighted by Gasteiger charge is -2.42. The maximum Gasteiger partial charge on any atom is 0.204 e. The van der Waals surface area contributed by atoms with Crippen LogP contribution in [-0.2, 0) is 4.74 Å². The summed E-state index contributed by atoms with van der Waals surface area (Å²) in [4.78, 5) is 0. The highest BCUT2D eigenvalue weighted by atomic mass is 16.7. The van der Waals surface area contributed by atoms with Crippen LogP contribution < -0.4 is 14.8 Å². The predicted octanol–water partition coefficient (Wildman–Crippen LogP) is 3.99. The molecule has 1 fully saturated rings. The second kappa shape index (κ2) is 6.13. The maximum atomic E-state index is 6.09. The summed E-state index contributed by atoms with van der Waals surface area (Å²) in [7, 11) is 1.69. The molecule has 120 valence electrons. The van der Waals surface area contributed by atoms with Crippen LogP contribution >= 0.6 is 0 Å². The molecular formula is C19H21NO3. The van der Waals surface area contributed by atoms with Gasteiger partial charge in [0.1, 0.15) is 11.5 Å². The van der Waals surface area contributed by atoms with Gasteiger partial charge in [0, 0.05) is 17.2 Å². The smallest absolute Gasteiger partial charge is 0.204 e. The highest BCUT2D eigenvalue weighted by Gasteiger charge is 2.40.